The molecule has 0 saturated carbocycles. The fraction of sp³-hybridized carbons (Fsp3) is 0.474. The second kappa shape index (κ2) is 8.47. The standard InChI is InChI=1S/C19H24IN3O4/c1-2-26-17(25)11-16(24)23-9-7-19(8-10-23)12-15(20-27-19)13-3-5-14(6-4-13)18(21)22/h3-6H,2,7-12H2,1H3,(H3,21,22). The van der Waals surface area contributed by atoms with Crippen LogP contribution in [0, 0.1) is 5.41 Å². The van der Waals surface area contributed by atoms with Crippen molar-refractivity contribution in [3.63, 3.8) is 0 Å². The van der Waals surface area contributed by atoms with E-state index in [1.807, 2.05) is 24.3 Å². The smallest absolute Gasteiger partial charge is 0.315 e. The summed E-state index contributed by atoms with van der Waals surface area (Å²) in [5.41, 5.74) is 7.21. The van der Waals surface area contributed by atoms with Crippen molar-refractivity contribution in [3.05, 3.63) is 35.4 Å². The van der Waals surface area contributed by atoms with Crippen molar-refractivity contribution in [1.29, 1.82) is 5.41 Å². The van der Waals surface area contributed by atoms with Gasteiger partial charge in [0, 0.05) is 49.7 Å². The summed E-state index contributed by atoms with van der Waals surface area (Å²) in [5.74, 6) is -0.560. The Morgan fingerprint density at radius 2 is 1.96 bits per heavy atom. The number of benzene rings is 1. The summed E-state index contributed by atoms with van der Waals surface area (Å²) >= 11 is -0.498. The number of carbonyl (C=O) groups excluding carboxylic acids is 2. The minimum absolute atomic E-state index is 0.0697. The lowest BCUT2D eigenvalue weighted by Crippen LogP contribution is -2.47. The van der Waals surface area contributed by atoms with Gasteiger partial charge in [-0.1, -0.05) is 24.3 Å². The number of carbonyl (C=O) groups is 2. The van der Waals surface area contributed by atoms with Crippen molar-refractivity contribution in [2.45, 2.75) is 38.2 Å². The zero-order valence-electron chi connectivity index (χ0n) is 15.3. The molecular formula is C19H24IN3O4. The second-order valence-electron chi connectivity index (χ2n) is 6.77. The molecule has 146 valence electrons. The van der Waals surface area contributed by atoms with Crippen LogP contribution in [-0.2, 0) is 17.4 Å². The van der Waals surface area contributed by atoms with Crippen LogP contribution in [0.3, 0.4) is 0 Å². The molecule has 0 atom stereocenters. The molecule has 1 saturated heterocycles. The van der Waals surface area contributed by atoms with Gasteiger partial charge in [-0.25, -0.2) is 0 Å². The molecule has 0 bridgehead atoms. The summed E-state index contributed by atoms with van der Waals surface area (Å²) in [6.45, 7) is 3.24. The fourth-order valence-electron chi connectivity index (χ4n) is 3.31. The van der Waals surface area contributed by atoms with Crippen LogP contribution in [0.2, 0.25) is 0 Å². The van der Waals surface area contributed by atoms with Crippen molar-refractivity contribution in [2.24, 2.45) is 5.73 Å². The van der Waals surface area contributed by atoms with E-state index >= 15 is 0 Å². The Bertz CT molecular complexity index is 768. The van der Waals surface area contributed by atoms with Crippen LogP contribution >= 0.6 is 21.1 Å². The van der Waals surface area contributed by atoms with Gasteiger partial charge in [0.1, 0.15) is 12.3 Å². The fourth-order valence-corrected chi connectivity index (χ4v) is 6.10. The molecule has 2 aliphatic heterocycles. The van der Waals surface area contributed by atoms with Crippen molar-refractivity contribution in [1.82, 2.24) is 4.90 Å². The summed E-state index contributed by atoms with van der Waals surface area (Å²) in [5, 5.41) is 7.48. The van der Waals surface area contributed by atoms with Crippen molar-refractivity contribution in [2.75, 3.05) is 19.7 Å². The van der Waals surface area contributed by atoms with E-state index in [-0.39, 0.29) is 23.8 Å². The third-order valence-corrected chi connectivity index (χ3v) is 7.60. The van der Waals surface area contributed by atoms with Crippen LogP contribution in [0.15, 0.2) is 24.3 Å². The molecule has 8 heteroatoms. The number of halogens is 1. The number of likely N-dealkylation sites (tertiary alicyclic amines) is 1. The summed E-state index contributed by atoms with van der Waals surface area (Å²) < 4.78 is 12.4. The van der Waals surface area contributed by atoms with E-state index < -0.39 is 27.1 Å². The molecule has 0 aliphatic carbocycles. The number of hydrogen-bond acceptors (Lipinski definition) is 5. The van der Waals surface area contributed by atoms with Crippen LogP contribution in [0.5, 0.6) is 0 Å². The normalized spacial score (nSPS) is 18.6. The van der Waals surface area contributed by atoms with E-state index in [1.54, 1.807) is 11.8 Å². The second-order valence-corrected chi connectivity index (χ2v) is 8.96. The molecule has 1 aromatic rings. The Balaban J connectivity index is 1.55. The monoisotopic (exact) mass is 485 g/mol. The summed E-state index contributed by atoms with van der Waals surface area (Å²) in [4.78, 5) is 25.5. The Morgan fingerprint density at radius 1 is 1.30 bits per heavy atom. The van der Waals surface area contributed by atoms with Crippen LogP contribution in [0.1, 0.15) is 43.7 Å². The molecule has 1 aromatic carbocycles. The number of nitrogens with one attached hydrogen (secondary N) is 1. The van der Waals surface area contributed by atoms with Crippen molar-refractivity contribution >= 4 is 42.4 Å². The lowest BCUT2D eigenvalue weighted by Gasteiger charge is -2.38. The summed E-state index contributed by atoms with van der Waals surface area (Å²) in [6.07, 6.45) is 2.28. The quantitative estimate of drug-likeness (QED) is 0.219. The molecule has 1 amide bonds. The molecular weight excluding hydrogens is 461 g/mol. The van der Waals surface area contributed by atoms with E-state index in [2.05, 4.69) is 0 Å². The van der Waals surface area contributed by atoms with Crippen molar-refractivity contribution in [3.8, 4) is 0 Å². The maximum Gasteiger partial charge on any atom is 0.315 e. The Morgan fingerprint density at radius 3 is 2.56 bits per heavy atom. The van der Waals surface area contributed by atoms with E-state index in [4.69, 9.17) is 18.9 Å². The predicted molar refractivity (Wildman–Crippen MR) is 111 cm³/mol. The number of piperidine rings is 1. The van der Waals surface area contributed by atoms with Crippen LogP contribution in [0.4, 0.5) is 0 Å². The molecule has 2 aliphatic rings. The van der Waals surface area contributed by atoms with E-state index in [0.29, 0.717) is 19.7 Å². The van der Waals surface area contributed by atoms with Crippen LogP contribution in [0.25, 0.3) is 0 Å². The molecule has 3 rings (SSSR count). The highest BCUT2D eigenvalue weighted by Crippen LogP contribution is 2.42. The number of amides is 1. The largest absolute Gasteiger partial charge is 0.466 e. The van der Waals surface area contributed by atoms with Gasteiger partial charge in [-0.3, -0.25) is 15.0 Å². The van der Waals surface area contributed by atoms with Gasteiger partial charge in [-0.05, 0) is 25.3 Å². The Hall–Kier alpha value is -1.81. The highest BCUT2D eigenvalue weighted by Gasteiger charge is 2.41. The van der Waals surface area contributed by atoms with Crippen molar-refractivity contribution < 1.29 is 17.4 Å². The minimum Gasteiger partial charge on any atom is -0.466 e. The van der Waals surface area contributed by atoms with E-state index in [0.717, 1.165) is 30.4 Å². The summed E-state index contributed by atoms with van der Waals surface area (Å²) in [7, 11) is 0. The molecule has 1 fully saturated rings. The maximum atomic E-state index is 12.2. The first kappa shape index (κ1) is 19.9. The number of nitrogens with two attached hydrogens (primary N) is 1. The molecule has 1 spiro atoms. The number of ether oxygens (including phenoxy) is 1. The van der Waals surface area contributed by atoms with Gasteiger partial charge in [-0.2, -0.15) is 0 Å². The van der Waals surface area contributed by atoms with E-state index in [9.17, 15) is 9.59 Å². The predicted octanol–water partition coefficient (Wildman–Crippen LogP) is 2.11. The summed E-state index contributed by atoms with van der Waals surface area (Å²) in [6, 6.07) is 7.75. The number of nitrogen functional groups attached to an aromatic ring is 1. The Kier molecular flexibility index (Phi) is 6.25. The first-order valence-electron chi connectivity index (χ1n) is 8.99. The number of nitrogens with zero attached hydrogens (tertiary/aromatic N) is 1. The third-order valence-electron chi connectivity index (χ3n) is 4.91. The first-order chi connectivity index (χ1) is 12.9. The molecule has 3 N–H and O–H groups in total. The van der Waals surface area contributed by atoms with Gasteiger partial charge in [0.15, 0.2) is 0 Å². The Labute approximate surface area is 169 Å². The number of amidine groups is 1. The number of hydrogen-bond donors (Lipinski definition) is 2. The van der Waals surface area contributed by atoms with Crippen LogP contribution < -0.4 is 5.73 Å². The van der Waals surface area contributed by atoms with Crippen LogP contribution in [-0.4, -0.2) is 51.4 Å². The minimum atomic E-state index is -0.498. The van der Waals surface area contributed by atoms with Gasteiger partial charge in [0.2, 0.25) is 5.91 Å². The maximum absolute atomic E-state index is 12.2. The van der Waals surface area contributed by atoms with Gasteiger partial charge in [0.25, 0.3) is 0 Å². The number of rotatable bonds is 5. The molecule has 0 aromatic heterocycles. The highest BCUT2D eigenvalue weighted by atomic mass is 127. The average Bonchev–Trinajstić information content (AvgIpc) is 3.06. The first-order valence-corrected chi connectivity index (χ1v) is 11.0. The molecule has 7 nitrogen and oxygen atoms in total. The third kappa shape index (κ3) is 4.73. The molecule has 0 unspecified atom stereocenters. The van der Waals surface area contributed by atoms with E-state index in [1.165, 1.54) is 3.51 Å². The zero-order valence-corrected chi connectivity index (χ0v) is 17.5. The topological polar surface area (TPSA) is 106 Å². The zero-order chi connectivity index (χ0) is 19.4. The molecule has 2 heterocycles. The average molecular weight is 485 g/mol. The lowest BCUT2D eigenvalue weighted by molar-refractivity contribution is -0.149. The van der Waals surface area contributed by atoms with Gasteiger partial charge >= 0.3 is 5.97 Å². The molecule has 0 radical (unpaired) electrons. The lowest BCUT2D eigenvalue weighted by atomic mass is 9.85. The van der Waals surface area contributed by atoms with Gasteiger partial charge < -0.3 is 18.4 Å². The SMILES string of the molecule is CCOC(=O)CC(=O)N1CCC2(CC1)CC(c1ccc(C(=N)N)cc1)=IO2. The van der Waals surface area contributed by atoms with Gasteiger partial charge in [-0.15, -0.1) is 0 Å². The molecule has 27 heavy (non-hydrogen) atoms. The highest BCUT2D eigenvalue weighted by molar-refractivity contribution is 14.2. The number of esters is 1. The van der Waals surface area contributed by atoms with Gasteiger partial charge in [0.05, 0.1) is 12.2 Å².